The Morgan fingerprint density at radius 1 is 0.829 bits per heavy atom. The van der Waals surface area contributed by atoms with Crippen molar-refractivity contribution in [2.24, 2.45) is 0 Å². The first kappa shape index (κ1) is 29.1. The fraction of sp³-hybridized carbons (Fsp3) is 0.242. The summed E-state index contributed by atoms with van der Waals surface area (Å²) in [5.74, 6) is 0.719. The van der Waals surface area contributed by atoms with Gasteiger partial charge in [0, 0.05) is 37.7 Å². The van der Waals surface area contributed by atoms with E-state index in [1.807, 2.05) is 99.6 Å². The molecule has 212 valence electrons. The summed E-state index contributed by atoms with van der Waals surface area (Å²) in [5.41, 5.74) is 5.01. The SMILES string of the molecule is COc1ccc(NC(=O)N(Cc2cccnc2)Cc2cccc(-c3cccc(CNC(=O)OC(C)(C)C)c3)c2)cc1. The lowest BCUT2D eigenvalue weighted by Gasteiger charge is -2.24. The average Bonchev–Trinajstić information content (AvgIpc) is 2.96. The van der Waals surface area contributed by atoms with Crippen LogP contribution in [-0.4, -0.2) is 34.7 Å². The molecule has 0 aliphatic rings. The van der Waals surface area contributed by atoms with E-state index < -0.39 is 11.7 Å². The van der Waals surface area contributed by atoms with E-state index >= 15 is 0 Å². The van der Waals surface area contributed by atoms with Crippen LogP contribution >= 0.6 is 0 Å². The van der Waals surface area contributed by atoms with Crippen LogP contribution in [0.1, 0.15) is 37.5 Å². The Morgan fingerprint density at radius 3 is 2.10 bits per heavy atom. The molecule has 0 atom stereocenters. The normalized spacial score (nSPS) is 10.9. The van der Waals surface area contributed by atoms with Gasteiger partial charge in [0.05, 0.1) is 7.11 Å². The predicted octanol–water partition coefficient (Wildman–Crippen LogP) is 7.02. The number of methoxy groups -OCH3 is 1. The fourth-order valence-corrected chi connectivity index (χ4v) is 4.21. The molecule has 0 radical (unpaired) electrons. The maximum atomic E-state index is 13.4. The van der Waals surface area contributed by atoms with Crippen LogP contribution in [-0.2, 0) is 24.4 Å². The molecule has 0 fully saturated rings. The second-order valence-corrected chi connectivity index (χ2v) is 10.6. The quantitative estimate of drug-likeness (QED) is 0.233. The van der Waals surface area contributed by atoms with Crippen molar-refractivity contribution >= 4 is 17.8 Å². The monoisotopic (exact) mass is 552 g/mol. The van der Waals surface area contributed by atoms with Crippen LogP contribution in [0.3, 0.4) is 0 Å². The lowest BCUT2D eigenvalue weighted by molar-refractivity contribution is 0.0523. The van der Waals surface area contributed by atoms with Crippen molar-refractivity contribution in [3.63, 3.8) is 0 Å². The van der Waals surface area contributed by atoms with Gasteiger partial charge in [0.2, 0.25) is 0 Å². The summed E-state index contributed by atoms with van der Waals surface area (Å²) in [6, 6.07) is 26.9. The first-order valence-corrected chi connectivity index (χ1v) is 13.4. The molecule has 41 heavy (non-hydrogen) atoms. The number of carbonyl (C=O) groups excluding carboxylic acids is 2. The van der Waals surface area contributed by atoms with Gasteiger partial charge in [0.1, 0.15) is 11.4 Å². The number of amides is 3. The Balaban J connectivity index is 1.50. The van der Waals surface area contributed by atoms with Crippen LogP contribution in [0.5, 0.6) is 5.75 Å². The van der Waals surface area contributed by atoms with Gasteiger partial charge in [0.15, 0.2) is 0 Å². The zero-order valence-corrected chi connectivity index (χ0v) is 23.9. The highest BCUT2D eigenvalue weighted by Gasteiger charge is 2.17. The van der Waals surface area contributed by atoms with Crippen molar-refractivity contribution in [2.75, 3.05) is 12.4 Å². The number of nitrogens with zero attached hydrogens (tertiary/aromatic N) is 2. The van der Waals surface area contributed by atoms with E-state index in [1.165, 1.54) is 0 Å². The number of rotatable bonds is 9. The molecule has 2 N–H and O–H groups in total. The second-order valence-electron chi connectivity index (χ2n) is 10.6. The van der Waals surface area contributed by atoms with Crippen LogP contribution in [0.25, 0.3) is 11.1 Å². The number of benzene rings is 3. The largest absolute Gasteiger partial charge is 0.497 e. The Kier molecular flexibility index (Phi) is 9.58. The molecule has 0 saturated carbocycles. The van der Waals surface area contributed by atoms with Gasteiger partial charge in [-0.2, -0.15) is 0 Å². The minimum Gasteiger partial charge on any atom is -0.497 e. The Labute approximate surface area is 241 Å². The van der Waals surface area contributed by atoms with Crippen LogP contribution in [0, 0.1) is 0 Å². The van der Waals surface area contributed by atoms with Crippen molar-refractivity contribution in [1.29, 1.82) is 0 Å². The van der Waals surface area contributed by atoms with Gasteiger partial charge in [0.25, 0.3) is 0 Å². The number of ether oxygens (including phenoxy) is 2. The summed E-state index contributed by atoms with van der Waals surface area (Å²) in [6.45, 7) is 6.64. The molecule has 1 aromatic heterocycles. The molecular formula is C33H36N4O4. The van der Waals surface area contributed by atoms with Crippen LogP contribution in [0.2, 0.25) is 0 Å². The first-order valence-electron chi connectivity index (χ1n) is 13.4. The molecule has 1 heterocycles. The number of urea groups is 1. The summed E-state index contributed by atoms with van der Waals surface area (Å²) in [5, 5.41) is 5.80. The zero-order chi connectivity index (χ0) is 29.2. The fourth-order valence-electron chi connectivity index (χ4n) is 4.21. The van der Waals surface area contributed by atoms with E-state index in [4.69, 9.17) is 9.47 Å². The molecule has 0 unspecified atom stereocenters. The highest BCUT2D eigenvalue weighted by atomic mass is 16.6. The molecule has 0 aliphatic heterocycles. The van der Waals surface area contributed by atoms with E-state index in [1.54, 1.807) is 24.4 Å². The molecule has 0 bridgehead atoms. The maximum absolute atomic E-state index is 13.4. The molecule has 3 aromatic carbocycles. The topological polar surface area (TPSA) is 92.8 Å². The summed E-state index contributed by atoms with van der Waals surface area (Å²) in [7, 11) is 1.61. The summed E-state index contributed by atoms with van der Waals surface area (Å²) >= 11 is 0. The van der Waals surface area contributed by atoms with Gasteiger partial charge in [-0.25, -0.2) is 9.59 Å². The van der Waals surface area contributed by atoms with Gasteiger partial charge < -0.3 is 25.0 Å². The highest BCUT2D eigenvalue weighted by molar-refractivity contribution is 5.89. The third kappa shape index (κ3) is 9.10. The van der Waals surface area contributed by atoms with Gasteiger partial charge >= 0.3 is 12.1 Å². The summed E-state index contributed by atoms with van der Waals surface area (Å²) < 4.78 is 10.6. The lowest BCUT2D eigenvalue weighted by atomic mass is 10.0. The summed E-state index contributed by atoms with van der Waals surface area (Å²) in [4.78, 5) is 31.4. The second kappa shape index (κ2) is 13.5. The molecule has 4 aromatic rings. The lowest BCUT2D eigenvalue weighted by Crippen LogP contribution is -2.34. The van der Waals surface area contributed by atoms with Crippen molar-refractivity contribution < 1.29 is 19.1 Å². The van der Waals surface area contributed by atoms with Gasteiger partial charge in [-0.3, -0.25) is 4.98 Å². The van der Waals surface area contributed by atoms with Gasteiger partial charge in [-0.1, -0.05) is 42.5 Å². The number of pyridine rings is 1. The number of carbonyl (C=O) groups is 2. The van der Waals surface area contributed by atoms with Crippen molar-refractivity contribution in [3.05, 3.63) is 114 Å². The average molecular weight is 553 g/mol. The Bertz CT molecular complexity index is 1450. The van der Waals surface area contributed by atoms with E-state index in [0.717, 1.165) is 33.6 Å². The first-order chi connectivity index (χ1) is 19.7. The highest BCUT2D eigenvalue weighted by Crippen LogP contribution is 2.24. The molecule has 8 heteroatoms. The van der Waals surface area contributed by atoms with Crippen LogP contribution in [0.15, 0.2) is 97.3 Å². The molecule has 0 aliphatic carbocycles. The predicted molar refractivity (Wildman–Crippen MR) is 160 cm³/mol. The Hall–Kier alpha value is -4.85. The molecule has 8 nitrogen and oxygen atoms in total. The number of nitrogens with one attached hydrogen (secondary N) is 2. The van der Waals surface area contributed by atoms with E-state index in [2.05, 4.69) is 21.7 Å². The molecule has 0 saturated heterocycles. The van der Waals surface area contributed by atoms with Crippen molar-refractivity contribution in [2.45, 2.75) is 46.0 Å². The number of hydrogen-bond donors (Lipinski definition) is 2. The number of anilines is 1. The van der Waals surface area contributed by atoms with Crippen LogP contribution < -0.4 is 15.4 Å². The van der Waals surface area contributed by atoms with Crippen molar-refractivity contribution in [1.82, 2.24) is 15.2 Å². The number of hydrogen-bond acceptors (Lipinski definition) is 5. The van der Waals surface area contributed by atoms with Gasteiger partial charge in [-0.05, 0) is 91.1 Å². The molecule has 0 spiro atoms. The standard InChI is InChI=1S/C33H36N4O4/c1-33(2,3)41-32(39)35-21-24-8-5-11-27(18-24)28-12-6-9-25(19-28)22-37(23-26-10-7-17-34-20-26)31(38)36-29-13-15-30(40-4)16-14-29/h5-20H,21-23H2,1-4H3,(H,35,39)(H,36,38). The van der Waals surface area contributed by atoms with Gasteiger partial charge in [-0.15, -0.1) is 0 Å². The van der Waals surface area contributed by atoms with Crippen molar-refractivity contribution in [3.8, 4) is 16.9 Å². The van der Waals surface area contributed by atoms with Crippen LogP contribution in [0.4, 0.5) is 15.3 Å². The minimum atomic E-state index is -0.553. The Morgan fingerprint density at radius 2 is 1.46 bits per heavy atom. The molecule has 3 amide bonds. The third-order valence-corrected chi connectivity index (χ3v) is 6.12. The number of aromatic nitrogens is 1. The van der Waals surface area contributed by atoms with E-state index in [0.29, 0.717) is 25.3 Å². The molecular weight excluding hydrogens is 516 g/mol. The third-order valence-electron chi connectivity index (χ3n) is 6.12. The minimum absolute atomic E-state index is 0.223. The summed E-state index contributed by atoms with van der Waals surface area (Å²) in [6.07, 6.45) is 3.03. The smallest absolute Gasteiger partial charge is 0.407 e. The van der Waals surface area contributed by atoms with E-state index in [9.17, 15) is 9.59 Å². The maximum Gasteiger partial charge on any atom is 0.407 e. The number of alkyl carbamates (subject to hydrolysis) is 1. The van der Waals surface area contributed by atoms with E-state index in [-0.39, 0.29) is 6.03 Å². The molecule has 4 rings (SSSR count). The zero-order valence-electron chi connectivity index (χ0n) is 23.9.